The molecule has 0 N–H and O–H groups in total. The average molecular weight is 274 g/mol. The van der Waals surface area contributed by atoms with E-state index in [1.165, 1.54) is 0 Å². The minimum Gasteiger partial charge on any atom is -0.505 e. The van der Waals surface area contributed by atoms with Crippen LogP contribution in [0.5, 0.6) is 0 Å². The zero-order chi connectivity index (χ0) is 14.2. The van der Waals surface area contributed by atoms with Crippen LogP contribution in [0.25, 0.3) is 0 Å². The van der Waals surface area contributed by atoms with Gasteiger partial charge in [-0.3, -0.25) is 4.79 Å². The molecule has 20 heavy (non-hydrogen) atoms. The zero-order valence-electron chi connectivity index (χ0n) is 12.0. The number of hydrogen-bond acceptors (Lipinski definition) is 3. The van der Waals surface area contributed by atoms with E-state index in [1.807, 2.05) is 30.3 Å². The Bertz CT molecular complexity index is 431. The molecule has 0 radical (unpaired) electrons. The van der Waals surface area contributed by atoms with Crippen molar-refractivity contribution in [2.45, 2.75) is 32.3 Å². The number of esters is 1. The van der Waals surface area contributed by atoms with Crippen molar-refractivity contribution in [2.75, 3.05) is 7.11 Å². The fourth-order valence-electron chi connectivity index (χ4n) is 2.58. The minimum absolute atomic E-state index is 0.0528. The second-order valence-electron chi connectivity index (χ2n) is 5.27. The second-order valence-corrected chi connectivity index (χ2v) is 5.27. The van der Waals surface area contributed by atoms with Crippen molar-refractivity contribution in [1.29, 1.82) is 0 Å². The van der Waals surface area contributed by atoms with Crippen LogP contribution < -0.4 is 0 Å². The van der Waals surface area contributed by atoms with Gasteiger partial charge >= 0.3 is 5.97 Å². The van der Waals surface area contributed by atoms with E-state index in [1.54, 1.807) is 13.4 Å². The Labute approximate surface area is 120 Å². The van der Waals surface area contributed by atoms with Gasteiger partial charge in [0.05, 0.1) is 19.3 Å². The van der Waals surface area contributed by atoms with Crippen LogP contribution in [-0.4, -0.2) is 13.1 Å². The highest BCUT2D eigenvalue weighted by molar-refractivity contribution is 5.72. The van der Waals surface area contributed by atoms with Gasteiger partial charge in [0.15, 0.2) is 0 Å². The molecule has 0 aromatic heterocycles. The molecule has 1 aliphatic rings. The van der Waals surface area contributed by atoms with Crippen LogP contribution in [-0.2, 0) is 20.9 Å². The number of methoxy groups -OCH3 is 1. The normalized spacial score (nSPS) is 22.6. The molecular formula is C17H22O3. The third-order valence-electron chi connectivity index (χ3n) is 3.82. The van der Waals surface area contributed by atoms with Crippen LogP contribution in [0.2, 0.25) is 0 Å². The van der Waals surface area contributed by atoms with E-state index >= 15 is 0 Å². The van der Waals surface area contributed by atoms with Crippen molar-refractivity contribution in [3.05, 3.63) is 48.2 Å². The number of rotatable bonds is 5. The summed E-state index contributed by atoms with van der Waals surface area (Å²) in [6, 6.07) is 9.81. The number of hydrogen-bond donors (Lipinski definition) is 0. The zero-order valence-corrected chi connectivity index (χ0v) is 12.0. The lowest BCUT2D eigenvalue weighted by molar-refractivity contribution is -0.151. The summed E-state index contributed by atoms with van der Waals surface area (Å²) in [5, 5.41) is 0. The molecule has 1 aromatic rings. The van der Waals surface area contributed by atoms with Crippen LogP contribution in [0.4, 0.5) is 0 Å². The lowest BCUT2D eigenvalue weighted by Crippen LogP contribution is -2.23. The monoisotopic (exact) mass is 274 g/mol. The van der Waals surface area contributed by atoms with Crippen molar-refractivity contribution in [1.82, 2.24) is 0 Å². The lowest BCUT2D eigenvalue weighted by Gasteiger charge is -2.25. The molecule has 0 bridgehead atoms. The fourth-order valence-corrected chi connectivity index (χ4v) is 2.58. The summed E-state index contributed by atoms with van der Waals surface area (Å²) in [5.41, 5.74) is 1.04. The van der Waals surface area contributed by atoms with Crippen LogP contribution in [0.15, 0.2) is 42.7 Å². The molecule has 3 nitrogen and oxygen atoms in total. The molecule has 1 saturated carbocycles. The van der Waals surface area contributed by atoms with Crippen molar-refractivity contribution in [2.24, 2.45) is 11.8 Å². The van der Waals surface area contributed by atoms with Gasteiger partial charge in [-0.05, 0) is 43.2 Å². The Kier molecular flexibility index (Phi) is 5.66. The van der Waals surface area contributed by atoms with Gasteiger partial charge in [0.2, 0.25) is 0 Å². The second kappa shape index (κ2) is 7.73. The average Bonchev–Trinajstić information content (AvgIpc) is 2.52. The number of benzene rings is 1. The van der Waals surface area contributed by atoms with E-state index in [0.717, 1.165) is 31.2 Å². The van der Waals surface area contributed by atoms with Gasteiger partial charge in [-0.15, -0.1) is 0 Å². The van der Waals surface area contributed by atoms with Gasteiger partial charge in [0.1, 0.15) is 6.61 Å². The van der Waals surface area contributed by atoms with Gasteiger partial charge in [-0.2, -0.15) is 0 Å². The molecule has 0 saturated heterocycles. The molecule has 1 aromatic carbocycles. The molecule has 0 amide bonds. The smallest absolute Gasteiger partial charge is 0.309 e. The summed E-state index contributed by atoms with van der Waals surface area (Å²) >= 11 is 0. The Morgan fingerprint density at radius 1 is 1.20 bits per heavy atom. The Hall–Kier alpha value is -1.77. The van der Waals surface area contributed by atoms with E-state index in [9.17, 15) is 4.79 Å². The number of ether oxygens (including phenoxy) is 2. The summed E-state index contributed by atoms with van der Waals surface area (Å²) in [7, 11) is 1.66. The molecule has 0 aliphatic heterocycles. The summed E-state index contributed by atoms with van der Waals surface area (Å²) < 4.78 is 10.3. The highest BCUT2D eigenvalue weighted by Crippen LogP contribution is 2.30. The molecule has 0 heterocycles. The van der Waals surface area contributed by atoms with E-state index in [2.05, 4.69) is 6.08 Å². The van der Waals surface area contributed by atoms with Gasteiger partial charge in [0, 0.05) is 0 Å². The van der Waals surface area contributed by atoms with Crippen molar-refractivity contribution in [3.8, 4) is 0 Å². The van der Waals surface area contributed by atoms with Gasteiger partial charge in [-0.1, -0.05) is 30.3 Å². The van der Waals surface area contributed by atoms with E-state index < -0.39 is 0 Å². The molecule has 0 unspecified atom stereocenters. The standard InChI is InChI=1S/C17H22O3/c1-19-12-11-14-7-9-16(10-8-14)17(18)20-13-15-5-3-2-4-6-15/h2-6,11-12,14,16H,7-10,13H2,1H3/b12-11+/t14-,16-. The van der Waals surface area contributed by atoms with E-state index in [-0.39, 0.29) is 11.9 Å². The van der Waals surface area contributed by atoms with Crippen molar-refractivity contribution < 1.29 is 14.3 Å². The summed E-state index contributed by atoms with van der Waals surface area (Å²) in [6.07, 6.45) is 7.71. The molecule has 1 aliphatic carbocycles. The first-order chi connectivity index (χ1) is 9.79. The molecule has 2 rings (SSSR count). The maximum absolute atomic E-state index is 12.0. The Balaban J connectivity index is 1.73. The quantitative estimate of drug-likeness (QED) is 0.606. The van der Waals surface area contributed by atoms with Crippen molar-refractivity contribution >= 4 is 5.97 Å². The third-order valence-corrected chi connectivity index (χ3v) is 3.82. The third kappa shape index (κ3) is 4.41. The molecule has 3 heteroatoms. The maximum Gasteiger partial charge on any atom is 0.309 e. The van der Waals surface area contributed by atoms with Crippen LogP contribution >= 0.6 is 0 Å². The SMILES string of the molecule is CO/C=C/[C@H]1CC[C@H](C(=O)OCc2ccccc2)CC1. The summed E-state index contributed by atoms with van der Waals surface area (Å²) in [4.78, 5) is 12.0. The van der Waals surface area contributed by atoms with E-state index in [4.69, 9.17) is 9.47 Å². The van der Waals surface area contributed by atoms with Gasteiger partial charge < -0.3 is 9.47 Å². The predicted molar refractivity (Wildman–Crippen MR) is 77.8 cm³/mol. The summed E-state index contributed by atoms with van der Waals surface area (Å²) in [6.45, 7) is 0.378. The molecular weight excluding hydrogens is 252 g/mol. The van der Waals surface area contributed by atoms with Crippen LogP contribution in [0.3, 0.4) is 0 Å². The number of carbonyl (C=O) groups is 1. The van der Waals surface area contributed by atoms with Gasteiger partial charge in [0.25, 0.3) is 0 Å². The fraction of sp³-hybridized carbons (Fsp3) is 0.471. The molecule has 108 valence electrons. The molecule has 0 atom stereocenters. The first-order valence-electron chi connectivity index (χ1n) is 7.19. The first-order valence-corrected chi connectivity index (χ1v) is 7.19. The highest BCUT2D eigenvalue weighted by atomic mass is 16.5. The maximum atomic E-state index is 12.0. The number of allylic oxidation sites excluding steroid dienone is 1. The topological polar surface area (TPSA) is 35.5 Å². The largest absolute Gasteiger partial charge is 0.505 e. The Morgan fingerprint density at radius 3 is 2.55 bits per heavy atom. The highest BCUT2D eigenvalue weighted by Gasteiger charge is 2.26. The van der Waals surface area contributed by atoms with Crippen molar-refractivity contribution in [3.63, 3.8) is 0 Å². The molecule has 1 fully saturated rings. The Morgan fingerprint density at radius 2 is 1.90 bits per heavy atom. The summed E-state index contributed by atoms with van der Waals surface area (Å²) in [5.74, 6) is 0.544. The predicted octanol–water partition coefficient (Wildman–Crippen LogP) is 3.70. The first kappa shape index (κ1) is 14.6. The lowest BCUT2D eigenvalue weighted by atomic mass is 9.82. The van der Waals surface area contributed by atoms with Gasteiger partial charge in [-0.25, -0.2) is 0 Å². The molecule has 0 spiro atoms. The van der Waals surface area contributed by atoms with Crippen LogP contribution in [0.1, 0.15) is 31.2 Å². The number of carbonyl (C=O) groups excluding carboxylic acids is 1. The minimum atomic E-state index is -0.0528. The van der Waals surface area contributed by atoms with E-state index in [0.29, 0.717) is 12.5 Å². The van der Waals surface area contributed by atoms with Crippen LogP contribution in [0, 0.1) is 11.8 Å².